The minimum absolute atomic E-state index is 0.515. The minimum atomic E-state index is -1.10. The number of rotatable bonds is 8. The standard InChI is InChI=1S/C26H22BCl2NO3/c1-18-11-13-21(16-23(18)28)31-27(32-22-14-12-19(2)24(29)17-22)33-26(20-8-4-3-5-9-20)25-10-6-7-15-30-25/h3-17,26H,1-2H3. The molecule has 0 aliphatic rings. The van der Waals surface area contributed by atoms with Crippen molar-refractivity contribution in [3.63, 3.8) is 0 Å². The molecule has 4 aromatic rings. The summed E-state index contributed by atoms with van der Waals surface area (Å²) in [6.07, 6.45) is 1.20. The van der Waals surface area contributed by atoms with E-state index in [0.717, 1.165) is 22.4 Å². The lowest BCUT2D eigenvalue weighted by Crippen LogP contribution is -2.35. The fourth-order valence-corrected chi connectivity index (χ4v) is 3.53. The molecule has 0 saturated carbocycles. The normalized spacial score (nSPS) is 11.6. The molecular weight excluding hydrogens is 456 g/mol. The van der Waals surface area contributed by atoms with Gasteiger partial charge in [0.1, 0.15) is 17.6 Å². The van der Waals surface area contributed by atoms with Crippen molar-refractivity contribution in [3.05, 3.63) is 124 Å². The fourth-order valence-electron chi connectivity index (χ4n) is 3.18. The van der Waals surface area contributed by atoms with E-state index in [1.807, 2.05) is 86.6 Å². The molecule has 1 unspecified atom stereocenters. The number of hydrogen-bond acceptors (Lipinski definition) is 4. The molecule has 1 atom stereocenters. The highest BCUT2D eigenvalue weighted by Gasteiger charge is 2.33. The van der Waals surface area contributed by atoms with E-state index in [0.29, 0.717) is 21.5 Å². The first-order valence-corrected chi connectivity index (χ1v) is 11.2. The summed E-state index contributed by atoms with van der Waals surface area (Å²) < 4.78 is 18.6. The molecule has 0 radical (unpaired) electrons. The van der Waals surface area contributed by atoms with Crippen LogP contribution in [0, 0.1) is 13.8 Å². The molecule has 4 rings (SSSR count). The van der Waals surface area contributed by atoms with Crippen molar-refractivity contribution in [1.82, 2.24) is 4.98 Å². The topological polar surface area (TPSA) is 40.6 Å². The van der Waals surface area contributed by atoms with Gasteiger partial charge < -0.3 is 14.0 Å². The molecule has 0 amide bonds. The summed E-state index contributed by atoms with van der Waals surface area (Å²) in [6.45, 7) is 3.86. The van der Waals surface area contributed by atoms with E-state index in [1.165, 1.54) is 0 Å². The minimum Gasteiger partial charge on any atom is -0.501 e. The first-order chi connectivity index (χ1) is 16.0. The van der Waals surface area contributed by atoms with Crippen LogP contribution < -0.4 is 9.31 Å². The van der Waals surface area contributed by atoms with Gasteiger partial charge in [0.25, 0.3) is 0 Å². The first kappa shape index (κ1) is 23.2. The van der Waals surface area contributed by atoms with Crippen molar-refractivity contribution in [3.8, 4) is 11.5 Å². The number of pyridine rings is 1. The fraction of sp³-hybridized carbons (Fsp3) is 0.115. The molecular formula is C26H22BCl2NO3. The Balaban J connectivity index is 1.68. The summed E-state index contributed by atoms with van der Waals surface area (Å²) in [5, 5.41) is 1.18. The predicted molar refractivity (Wildman–Crippen MR) is 133 cm³/mol. The summed E-state index contributed by atoms with van der Waals surface area (Å²) in [4.78, 5) is 4.50. The third-order valence-electron chi connectivity index (χ3n) is 5.06. The molecule has 33 heavy (non-hydrogen) atoms. The van der Waals surface area contributed by atoms with Crippen LogP contribution in [0.2, 0.25) is 10.0 Å². The molecule has 3 aromatic carbocycles. The molecule has 0 fully saturated rings. The molecule has 0 bridgehead atoms. The number of aryl methyl sites for hydroxylation is 2. The Morgan fingerprint density at radius 1 is 0.727 bits per heavy atom. The van der Waals surface area contributed by atoms with Crippen molar-refractivity contribution < 1.29 is 14.0 Å². The maximum atomic E-state index is 6.38. The van der Waals surface area contributed by atoms with E-state index in [1.54, 1.807) is 18.3 Å². The predicted octanol–water partition coefficient (Wildman–Crippen LogP) is 7.25. The highest BCUT2D eigenvalue weighted by Crippen LogP contribution is 2.29. The quantitative estimate of drug-likeness (QED) is 0.250. The summed E-state index contributed by atoms with van der Waals surface area (Å²) >= 11 is 12.6. The number of hydrogen-bond donors (Lipinski definition) is 0. The van der Waals surface area contributed by atoms with Crippen LogP contribution >= 0.6 is 23.2 Å². The van der Waals surface area contributed by atoms with E-state index in [-0.39, 0.29) is 0 Å². The molecule has 1 aromatic heterocycles. The van der Waals surface area contributed by atoms with Crippen LogP contribution in [0.3, 0.4) is 0 Å². The molecule has 0 N–H and O–H groups in total. The first-order valence-electron chi connectivity index (χ1n) is 10.5. The van der Waals surface area contributed by atoms with Gasteiger partial charge in [-0.2, -0.15) is 0 Å². The third-order valence-corrected chi connectivity index (χ3v) is 5.87. The van der Waals surface area contributed by atoms with Crippen LogP contribution in [0.25, 0.3) is 0 Å². The van der Waals surface area contributed by atoms with Gasteiger partial charge in [0.15, 0.2) is 0 Å². The summed E-state index contributed by atoms with van der Waals surface area (Å²) in [7, 11) is -1.10. The highest BCUT2D eigenvalue weighted by molar-refractivity contribution is 6.39. The Bertz CT molecular complexity index is 1120. The lowest BCUT2D eigenvalue weighted by Gasteiger charge is -2.23. The zero-order valence-electron chi connectivity index (χ0n) is 18.2. The lowest BCUT2D eigenvalue weighted by atomic mass is 10.0. The second-order valence-corrected chi connectivity index (χ2v) is 8.34. The van der Waals surface area contributed by atoms with Gasteiger partial charge in [-0.1, -0.05) is 71.7 Å². The Labute approximate surface area is 204 Å². The molecule has 0 spiro atoms. The van der Waals surface area contributed by atoms with E-state index < -0.39 is 13.4 Å². The van der Waals surface area contributed by atoms with Crippen LogP contribution in [-0.2, 0) is 4.65 Å². The Morgan fingerprint density at radius 2 is 1.30 bits per heavy atom. The highest BCUT2D eigenvalue weighted by atomic mass is 35.5. The van der Waals surface area contributed by atoms with E-state index in [9.17, 15) is 0 Å². The Hall–Kier alpha value is -2.99. The zero-order chi connectivity index (χ0) is 23.2. The molecule has 7 heteroatoms. The SMILES string of the molecule is Cc1ccc(OB(Oc2ccc(C)c(Cl)c2)OC(c2ccccc2)c2ccccn2)cc1Cl. The number of nitrogens with zero attached hydrogens (tertiary/aromatic N) is 1. The third kappa shape index (κ3) is 6.08. The van der Waals surface area contributed by atoms with Gasteiger partial charge in [-0.3, -0.25) is 4.98 Å². The van der Waals surface area contributed by atoms with Crippen molar-refractivity contribution in [2.45, 2.75) is 20.0 Å². The number of halogens is 2. The van der Waals surface area contributed by atoms with Gasteiger partial charge in [-0.25, -0.2) is 0 Å². The maximum absolute atomic E-state index is 6.38. The van der Waals surface area contributed by atoms with Crippen LogP contribution in [0.1, 0.15) is 28.5 Å². The van der Waals surface area contributed by atoms with Crippen LogP contribution in [-0.4, -0.2) is 12.3 Å². The smallest absolute Gasteiger partial charge is 0.501 e. The maximum Gasteiger partial charge on any atom is 0.788 e. The van der Waals surface area contributed by atoms with Gasteiger partial charge in [-0.15, -0.1) is 0 Å². The van der Waals surface area contributed by atoms with Gasteiger partial charge >= 0.3 is 7.32 Å². The second kappa shape index (κ2) is 10.8. The van der Waals surface area contributed by atoms with E-state index >= 15 is 0 Å². The van der Waals surface area contributed by atoms with Gasteiger partial charge in [0, 0.05) is 16.2 Å². The largest absolute Gasteiger partial charge is 0.788 e. The zero-order valence-corrected chi connectivity index (χ0v) is 19.8. The summed E-state index contributed by atoms with van der Waals surface area (Å²) in [5.41, 5.74) is 3.54. The van der Waals surface area contributed by atoms with Crippen molar-refractivity contribution >= 4 is 30.5 Å². The Kier molecular flexibility index (Phi) is 7.56. The monoisotopic (exact) mass is 477 g/mol. The Morgan fingerprint density at radius 3 is 1.82 bits per heavy atom. The molecule has 0 aliphatic carbocycles. The van der Waals surface area contributed by atoms with Gasteiger partial charge in [-0.05, 0) is 66.9 Å². The van der Waals surface area contributed by atoms with E-state index in [2.05, 4.69) is 4.98 Å². The van der Waals surface area contributed by atoms with E-state index in [4.69, 9.17) is 37.2 Å². The average molecular weight is 478 g/mol. The molecule has 166 valence electrons. The number of benzene rings is 3. The van der Waals surface area contributed by atoms with Crippen LogP contribution in [0.15, 0.2) is 91.1 Å². The molecule has 0 aliphatic heterocycles. The van der Waals surface area contributed by atoms with Gasteiger partial charge in [0.05, 0.1) is 5.69 Å². The van der Waals surface area contributed by atoms with Crippen molar-refractivity contribution in [2.75, 3.05) is 0 Å². The molecule has 4 nitrogen and oxygen atoms in total. The molecule has 1 heterocycles. The summed E-state index contributed by atoms with van der Waals surface area (Å²) in [6, 6.07) is 26.3. The van der Waals surface area contributed by atoms with Crippen molar-refractivity contribution in [1.29, 1.82) is 0 Å². The van der Waals surface area contributed by atoms with Crippen LogP contribution in [0.5, 0.6) is 11.5 Å². The van der Waals surface area contributed by atoms with Gasteiger partial charge in [0.2, 0.25) is 0 Å². The lowest BCUT2D eigenvalue weighted by molar-refractivity contribution is 0.153. The number of aromatic nitrogens is 1. The van der Waals surface area contributed by atoms with Crippen LogP contribution in [0.4, 0.5) is 0 Å². The summed E-state index contributed by atoms with van der Waals surface area (Å²) in [5.74, 6) is 1.03. The molecule has 0 saturated heterocycles. The average Bonchev–Trinajstić information content (AvgIpc) is 2.83. The second-order valence-electron chi connectivity index (χ2n) is 7.53. The van der Waals surface area contributed by atoms with Crippen molar-refractivity contribution in [2.24, 2.45) is 0 Å².